The van der Waals surface area contributed by atoms with Crippen LogP contribution in [0.15, 0.2) is 181 Å². The molecule has 0 spiro atoms. The lowest BCUT2D eigenvalue weighted by Crippen LogP contribution is -2.17. The van der Waals surface area contributed by atoms with E-state index in [9.17, 15) is 0 Å². The highest BCUT2D eigenvalue weighted by Gasteiger charge is 2.36. The minimum atomic E-state index is -0.114. The molecule has 0 aliphatic heterocycles. The lowest BCUT2D eigenvalue weighted by Gasteiger charge is -2.30. The summed E-state index contributed by atoms with van der Waals surface area (Å²) < 4.78 is 0. The van der Waals surface area contributed by atoms with Crippen LogP contribution in [-0.2, 0) is 11.8 Å². The highest BCUT2D eigenvalue weighted by molar-refractivity contribution is 6.13. The standard InChI is InChI=1S/C52H40N2/c1-34(53-39-19-8-5-9-20-39)45-31-37-17-10-11-21-42(37)51-46(45)32-38-18-14-24-49(50(38)51)54(40-27-25-36(26-28-40)35-15-6-4-7-16-35)41-29-30-44-43-22-12-13-23-47(43)52(2,3)48(44)33-41/h4-31,33H,32H2,1-3H3/b53-34+. The van der Waals surface area contributed by atoms with Gasteiger partial charge in [-0.15, -0.1) is 0 Å². The van der Waals surface area contributed by atoms with Gasteiger partial charge < -0.3 is 4.90 Å². The Bertz CT molecular complexity index is 2760. The van der Waals surface area contributed by atoms with Gasteiger partial charge in [0.05, 0.1) is 11.4 Å². The van der Waals surface area contributed by atoms with Crippen LogP contribution in [0.5, 0.6) is 0 Å². The number of hydrogen-bond donors (Lipinski definition) is 0. The minimum absolute atomic E-state index is 0.114. The summed E-state index contributed by atoms with van der Waals surface area (Å²) in [4.78, 5) is 7.63. The third kappa shape index (κ3) is 5.13. The zero-order chi connectivity index (χ0) is 36.4. The van der Waals surface area contributed by atoms with Crippen molar-refractivity contribution in [3.8, 4) is 33.4 Å². The topological polar surface area (TPSA) is 15.6 Å². The first-order valence-electron chi connectivity index (χ1n) is 18.9. The van der Waals surface area contributed by atoms with Crippen LogP contribution in [0.4, 0.5) is 22.7 Å². The van der Waals surface area contributed by atoms with Crippen LogP contribution in [0.2, 0.25) is 0 Å². The molecule has 0 saturated carbocycles. The van der Waals surface area contributed by atoms with Gasteiger partial charge in [-0.1, -0.05) is 141 Å². The Kier molecular flexibility index (Phi) is 7.49. The van der Waals surface area contributed by atoms with Gasteiger partial charge in [0.15, 0.2) is 0 Å². The number of rotatable bonds is 6. The van der Waals surface area contributed by atoms with Gasteiger partial charge in [0.1, 0.15) is 0 Å². The molecule has 8 aromatic rings. The summed E-state index contributed by atoms with van der Waals surface area (Å²) in [6.45, 7) is 6.89. The maximum Gasteiger partial charge on any atom is 0.0633 e. The number of benzene rings is 8. The molecule has 258 valence electrons. The zero-order valence-electron chi connectivity index (χ0n) is 30.8. The minimum Gasteiger partial charge on any atom is -0.310 e. The lowest BCUT2D eigenvalue weighted by molar-refractivity contribution is 0.660. The molecule has 0 atom stereocenters. The molecule has 0 fully saturated rings. The molecule has 8 aromatic carbocycles. The molecule has 54 heavy (non-hydrogen) atoms. The van der Waals surface area contributed by atoms with E-state index < -0.39 is 0 Å². The van der Waals surface area contributed by atoms with Crippen LogP contribution >= 0.6 is 0 Å². The van der Waals surface area contributed by atoms with Gasteiger partial charge in [0, 0.05) is 33.6 Å². The molecule has 2 heteroatoms. The van der Waals surface area contributed by atoms with Gasteiger partial charge in [-0.3, -0.25) is 4.99 Å². The van der Waals surface area contributed by atoms with E-state index in [-0.39, 0.29) is 5.41 Å². The molecule has 0 bridgehead atoms. The second kappa shape index (κ2) is 12.6. The van der Waals surface area contributed by atoms with Gasteiger partial charge in [0.25, 0.3) is 0 Å². The Hall–Kier alpha value is -6.51. The van der Waals surface area contributed by atoms with Gasteiger partial charge in [-0.2, -0.15) is 0 Å². The van der Waals surface area contributed by atoms with Gasteiger partial charge in [-0.25, -0.2) is 0 Å². The number of para-hydroxylation sites is 1. The van der Waals surface area contributed by atoms with Gasteiger partial charge >= 0.3 is 0 Å². The van der Waals surface area contributed by atoms with Crippen molar-refractivity contribution in [2.75, 3.05) is 4.90 Å². The number of fused-ring (bicyclic) bond motifs is 8. The van der Waals surface area contributed by atoms with Crippen molar-refractivity contribution in [3.63, 3.8) is 0 Å². The Labute approximate surface area is 317 Å². The van der Waals surface area contributed by atoms with Crippen LogP contribution in [-0.4, -0.2) is 5.71 Å². The van der Waals surface area contributed by atoms with E-state index >= 15 is 0 Å². The maximum atomic E-state index is 5.13. The monoisotopic (exact) mass is 692 g/mol. The van der Waals surface area contributed by atoms with Crippen molar-refractivity contribution in [1.29, 1.82) is 0 Å². The summed E-state index contributed by atoms with van der Waals surface area (Å²) in [5, 5.41) is 2.51. The SMILES string of the molecule is C/C(=N\c1ccccc1)c1cc2ccccc2c2c1Cc1cccc(N(c3ccc(-c4ccccc4)cc3)c3ccc4c(c3)C(C)(C)c3ccccc3-4)c1-2. The summed E-state index contributed by atoms with van der Waals surface area (Å²) in [7, 11) is 0. The van der Waals surface area contributed by atoms with Crippen molar-refractivity contribution in [3.05, 3.63) is 204 Å². The Morgan fingerprint density at radius 3 is 2.04 bits per heavy atom. The van der Waals surface area contributed by atoms with Crippen LogP contribution < -0.4 is 4.90 Å². The average molecular weight is 693 g/mol. The zero-order valence-corrected chi connectivity index (χ0v) is 30.8. The van der Waals surface area contributed by atoms with Crippen molar-refractivity contribution in [1.82, 2.24) is 0 Å². The van der Waals surface area contributed by atoms with Crippen LogP contribution in [0.3, 0.4) is 0 Å². The fraction of sp³-hybridized carbons (Fsp3) is 0.0962. The predicted molar refractivity (Wildman–Crippen MR) is 228 cm³/mol. The molecule has 0 N–H and O–H groups in total. The second-order valence-corrected chi connectivity index (χ2v) is 15.2. The predicted octanol–water partition coefficient (Wildman–Crippen LogP) is 14.0. The molecule has 0 aromatic heterocycles. The van der Waals surface area contributed by atoms with Gasteiger partial charge in [-0.05, 0) is 123 Å². The van der Waals surface area contributed by atoms with Crippen molar-refractivity contribution >= 4 is 39.2 Å². The lowest BCUT2D eigenvalue weighted by atomic mass is 9.82. The first kappa shape index (κ1) is 32.2. The van der Waals surface area contributed by atoms with E-state index in [1.807, 2.05) is 6.07 Å². The normalized spacial score (nSPS) is 13.6. The molecular formula is C52H40N2. The summed E-state index contributed by atoms with van der Waals surface area (Å²) >= 11 is 0. The summed E-state index contributed by atoms with van der Waals surface area (Å²) in [6.07, 6.45) is 0.855. The van der Waals surface area contributed by atoms with Crippen molar-refractivity contribution in [2.45, 2.75) is 32.6 Å². The van der Waals surface area contributed by atoms with E-state index in [2.05, 4.69) is 196 Å². The molecule has 10 rings (SSSR count). The highest BCUT2D eigenvalue weighted by Crippen LogP contribution is 2.54. The molecule has 2 nitrogen and oxygen atoms in total. The molecule has 0 amide bonds. The summed E-state index contributed by atoms with van der Waals surface area (Å²) in [6, 6.07) is 64.2. The third-order valence-electron chi connectivity index (χ3n) is 11.6. The molecule has 0 radical (unpaired) electrons. The molecule has 0 heterocycles. The molecule has 2 aliphatic rings. The Morgan fingerprint density at radius 1 is 0.556 bits per heavy atom. The Balaban J connectivity index is 1.20. The van der Waals surface area contributed by atoms with Crippen molar-refractivity contribution in [2.24, 2.45) is 4.99 Å². The third-order valence-corrected chi connectivity index (χ3v) is 11.6. The summed E-state index contributed by atoms with van der Waals surface area (Å²) in [5.74, 6) is 0. The first-order chi connectivity index (χ1) is 26.5. The number of nitrogens with zero attached hydrogens (tertiary/aromatic N) is 2. The fourth-order valence-electron chi connectivity index (χ4n) is 9.03. The van der Waals surface area contributed by atoms with Crippen LogP contribution in [0.25, 0.3) is 44.2 Å². The maximum absolute atomic E-state index is 5.13. The molecule has 2 aliphatic carbocycles. The van der Waals surface area contributed by atoms with E-state index in [4.69, 9.17) is 4.99 Å². The molecule has 0 unspecified atom stereocenters. The quantitative estimate of drug-likeness (QED) is 0.158. The highest BCUT2D eigenvalue weighted by atomic mass is 15.1. The molecular weight excluding hydrogens is 653 g/mol. The fourth-order valence-corrected chi connectivity index (χ4v) is 9.03. The van der Waals surface area contributed by atoms with Crippen LogP contribution in [0.1, 0.15) is 48.6 Å². The second-order valence-electron chi connectivity index (χ2n) is 15.2. The Morgan fingerprint density at radius 2 is 1.22 bits per heavy atom. The summed E-state index contributed by atoms with van der Waals surface area (Å²) in [5.41, 5.74) is 19.7. The first-order valence-corrected chi connectivity index (χ1v) is 18.9. The molecule has 0 saturated heterocycles. The van der Waals surface area contributed by atoms with Crippen molar-refractivity contribution < 1.29 is 0 Å². The number of anilines is 3. The van der Waals surface area contributed by atoms with E-state index in [0.717, 1.165) is 29.2 Å². The van der Waals surface area contributed by atoms with E-state index in [1.165, 1.54) is 77.7 Å². The smallest absolute Gasteiger partial charge is 0.0633 e. The van der Waals surface area contributed by atoms with Crippen LogP contribution in [0, 0.1) is 0 Å². The van der Waals surface area contributed by atoms with Gasteiger partial charge in [0.2, 0.25) is 0 Å². The number of hydrogen-bond acceptors (Lipinski definition) is 2. The van der Waals surface area contributed by atoms with E-state index in [1.54, 1.807) is 0 Å². The largest absolute Gasteiger partial charge is 0.310 e. The van der Waals surface area contributed by atoms with E-state index in [0.29, 0.717) is 0 Å². The number of aliphatic imine (C=N–C) groups is 1. The average Bonchev–Trinajstić information content (AvgIpc) is 3.72.